The number of nitrogens with zero attached hydrogens (tertiary/aromatic N) is 1. The molecule has 0 unspecified atom stereocenters. The highest BCUT2D eigenvalue weighted by molar-refractivity contribution is 7.89. The molecule has 1 aliphatic heterocycles. The van der Waals surface area contributed by atoms with Crippen molar-refractivity contribution >= 4 is 20.9 Å². The third-order valence-corrected chi connectivity index (χ3v) is 8.17. The van der Waals surface area contributed by atoms with Crippen LogP contribution in [0.25, 0.3) is 10.9 Å². The Balaban J connectivity index is 1.57. The number of aromatic amines is 1. The zero-order valence-corrected chi connectivity index (χ0v) is 21.0. The molecule has 4 aromatic rings. The Kier molecular flexibility index (Phi) is 6.19. The number of methoxy groups -OCH3 is 1. The molecule has 0 fully saturated rings. The molecule has 9 heteroatoms. The van der Waals surface area contributed by atoms with E-state index in [9.17, 15) is 13.2 Å². The average Bonchev–Trinajstić information content (AvgIpc) is 3.34. The lowest BCUT2D eigenvalue weighted by Gasteiger charge is -2.23. The van der Waals surface area contributed by atoms with Gasteiger partial charge in [-0.05, 0) is 73.0 Å². The Morgan fingerprint density at radius 2 is 1.64 bits per heavy atom. The number of rotatable bonds is 7. The molecule has 1 aromatic heterocycles. The van der Waals surface area contributed by atoms with Gasteiger partial charge in [-0.2, -0.15) is 4.31 Å². The van der Waals surface area contributed by atoms with E-state index >= 15 is 0 Å². The van der Waals surface area contributed by atoms with Crippen molar-refractivity contribution in [2.45, 2.75) is 31.8 Å². The van der Waals surface area contributed by atoms with Gasteiger partial charge in [0.2, 0.25) is 16.8 Å². The number of aromatic nitrogens is 1. The second-order valence-electron chi connectivity index (χ2n) is 8.75. The van der Waals surface area contributed by atoms with E-state index in [1.165, 1.54) is 23.5 Å². The van der Waals surface area contributed by atoms with Gasteiger partial charge >= 0.3 is 0 Å². The smallest absolute Gasteiger partial charge is 0.252 e. The largest absolute Gasteiger partial charge is 0.497 e. The predicted octanol–water partition coefficient (Wildman–Crippen LogP) is 4.27. The van der Waals surface area contributed by atoms with E-state index in [-0.39, 0.29) is 30.3 Å². The van der Waals surface area contributed by atoms with Crippen molar-refractivity contribution in [3.05, 3.63) is 93.3 Å². The number of fused-ring (bicyclic) bond motifs is 2. The highest BCUT2D eigenvalue weighted by Gasteiger charge is 2.27. The average molecular weight is 507 g/mol. The minimum atomic E-state index is -3.97. The molecule has 0 radical (unpaired) electrons. The van der Waals surface area contributed by atoms with Crippen LogP contribution in [0.15, 0.2) is 70.4 Å². The molecular formula is C27H26N2O6S. The Hall–Kier alpha value is -3.82. The van der Waals surface area contributed by atoms with E-state index in [2.05, 4.69) is 4.98 Å². The third kappa shape index (κ3) is 4.43. The predicted molar refractivity (Wildman–Crippen MR) is 136 cm³/mol. The normalized spacial score (nSPS) is 12.9. The summed E-state index contributed by atoms with van der Waals surface area (Å²) in [5.41, 5.74) is 3.44. The molecule has 1 N–H and O–H groups in total. The first kappa shape index (κ1) is 23.9. The summed E-state index contributed by atoms with van der Waals surface area (Å²) in [6, 6.07) is 17.2. The Morgan fingerprint density at radius 1 is 0.917 bits per heavy atom. The van der Waals surface area contributed by atoms with Crippen molar-refractivity contribution in [3.8, 4) is 17.2 Å². The molecule has 186 valence electrons. The molecule has 36 heavy (non-hydrogen) atoms. The number of ether oxygens (including phenoxy) is 3. The van der Waals surface area contributed by atoms with Gasteiger partial charge in [-0.15, -0.1) is 0 Å². The number of hydrogen-bond donors (Lipinski definition) is 1. The molecule has 8 nitrogen and oxygen atoms in total. The molecule has 0 amide bonds. The summed E-state index contributed by atoms with van der Waals surface area (Å²) in [6.07, 6.45) is 0. The fourth-order valence-electron chi connectivity index (χ4n) is 4.29. The molecule has 0 bridgehead atoms. The van der Waals surface area contributed by atoms with Crippen molar-refractivity contribution in [1.29, 1.82) is 0 Å². The monoisotopic (exact) mass is 506 g/mol. The number of hydrogen-bond acceptors (Lipinski definition) is 6. The molecule has 0 spiro atoms. The van der Waals surface area contributed by atoms with Crippen LogP contribution < -0.4 is 19.8 Å². The topological polar surface area (TPSA) is 97.9 Å². The Bertz CT molecular complexity index is 1610. The second-order valence-corrected chi connectivity index (χ2v) is 10.7. The lowest BCUT2D eigenvalue weighted by molar-refractivity contribution is 0.174. The van der Waals surface area contributed by atoms with Crippen molar-refractivity contribution in [3.63, 3.8) is 0 Å². The molecule has 0 aliphatic carbocycles. The van der Waals surface area contributed by atoms with Crippen LogP contribution in [0.5, 0.6) is 17.2 Å². The molecule has 1 aliphatic rings. The summed E-state index contributed by atoms with van der Waals surface area (Å²) in [4.78, 5) is 16.1. The maximum atomic E-state index is 13.8. The van der Waals surface area contributed by atoms with Gasteiger partial charge in [0.25, 0.3) is 5.56 Å². The number of benzene rings is 3. The number of H-pyrrole nitrogens is 1. The lowest BCUT2D eigenvalue weighted by Crippen LogP contribution is -2.32. The molecule has 0 atom stereocenters. The van der Waals surface area contributed by atoms with Crippen LogP contribution in [0.2, 0.25) is 0 Å². The summed E-state index contributed by atoms with van der Waals surface area (Å²) in [6.45, 7) is 3.94. The van der Waals surface area contributed by atoms with Crippen LogP contribution >= 0.6 is 0 Å². The molecular weight excluding hydrogens is 480 g/mol. The molecule has 0 saturated carbocycles. The van der Waals surface area contributed by atoms with Crippen molar-refractivity contribution < 1.29 is 22.6 Å². The maximum absolute atomic E-state index is 13.8. The molecule has 3 aromatic carbocycles. The zero-order valence-electron chi connectivity index (χ0n) is 20.2. The standard InChI is InChI=1S/C27H26N2O6S/c1-17-4-5-18(2)26-23(17)13-20(27(30)28-26)15-29(14-19-6-11-24-25(12-19)35-16-34-24)36(31,32)22-9-7-21(33-3)8-10-22/h4-13H,14-16H2,1-3H3,(H,28,30). The van der Waals surface area contributed by atoms with Gasteiger partial charge in [-0.3, -0.25) is 4.79 Å². The van der Waals surface area contributed by atoms with E-state index in [1.807, 2.05) is 26.0 Å². The molecule has 0 saturated heterocycles. The summed E-state index contributed by atoms with van der Waals surface area (Å²) in [5, 5.41) is 0.884. The van der Waals surface area contributed by atoms with Crippen LogP contribution in [-0.4, -0.2) is 31.6 Å². The fourth-order valence-corrected chi connectivity index (χ4v) is 5.70. The van der Waals surface area contributed by atoms with Gasteiger partial charge in [0, 0.05) is 24.0 Å². The van der Waals surface area contributed by atoms with Crippen LogP contribution in [0.4, 0.5) is 0 Å². The van der Waals surface area contributed by atoms with E-state index in [0.29, 0.717) is 28.4 Å². The maximum Gasteiger partial charge on any atom is 0.252 e. The first-order chi connectivity index (χ1) is 17.3. The minimum absolute atomic E-state index is 0.0370. The van der Waals surface area contributed by atoms with Crippen LogP contribution in [0, 0.1) is 13.8 Å². The van der Waals surface area contributed by atoms with Crippen molar-refractivity contribution in [2.24, 2.45) is 0 Å². The first-order valence-corrected chi connectivity index (χ1v) is 12.8. The Morgan fingerprint density at radius 3 is 2.39 bits per heavy atom. The van der Waals surface area contributed by atoms with Gasteiger partial charge in [-0.25, -0.2) is 8.42 Å². The van der Waals surface area contributed by atoms with Crippen LogP contribution in [-0.2, 0) is 23.1 Å². The highest BCUT2D eigenvalue weighted by atomic mass is 32.2. The van der Waals surface area contributed by atoms with Crippen molar-refractivity contribution in [2.75, 3.05) is 13.9 Å². The number of pyridine rings is 1. The van der Waals surface area contributed by atoms with E-state index in [0.717, 1.165) is 22.0 Å². The van der Waals surface area contributed by atoms with E-state index in [4.69, 9.17) is 14.2 Å². The fraction of sp³-hybridized carbons (Fsp3) is 0.222. The van der Waals surface area contributed by atoms with Crippen LogP contribution in [0.3, 0.4) is 0 Å². The molecule has 2 heterocycles. The van der Waals surface area contributed by atoms with Gasteiger partial charge in [-0.1, -0.05) is 18.2 Å². The van der Waals surface area contributed by atoms with Crippen molar-refractivity contribution in [1.82, 2.24) is 9.29 Å². The molecule has 5 rings (SSSR count). The van der Waals surface area contributed by atoms with Gasteiger partial charge in [0.05, 0.1) is 17.5 Å². The highest BCUT2D eigenvalue weighted by Crippen LogP contribution is 2.33. The minimum Gasteiger partial charge on any atom is -0.497 e. The first-order valence-electron chi connectivity index (χ1n) is 11.4. The number of aryl methyl sites for hydroxylation is 2. The second kappa shape index (κ2) is 9.33. The Labute approximate surface area is 209 Å². The van der Waals surface area contributed by atoms with Gasteiger partial charge in [0.1, 0.15) is 5.75 Å². The van der Waals surface area contributed by atoms with Gasteiger partial charge < -0.3 is 19.2 Å². The van der Waals surface area contributed by atoms with E-state index < -0.39 is 10.0 Å². The quantitative estimate of drug-likeness (QED) is 0.402. The lowest BCUT2D eigenvalue weighted by atomic mass is 10.0. The third-order valence-electron chi connectivity index (χ3n) is 6.36. The zero-order chi connectivity index (χ0) is 25.4. The summed E-state index contributed by atoms with van der Waals surface area (Å²) in [5.74, 6) is 1.72. The summed E-state index contributed by atoms with van der Waals surface area (Å²) >= 11 is 0. The van der Waals surface area contributed by atoms with Crippen LogP contribution in [0.1, 0.15) is 22.3 Å². The SMILES string of the molecule is COc1ccc(S(=O)(=O)N(Cc2ccc3c(c2)OCO3)Cc2cc3c(C)ccc(C)c3[nH]c2=O)cc1. The number of nitrogens with one attached hydrogen (secondary N) is 1. The van der Waals surface area contributed by atoms with E-state index in [1.54, 1.807) is 36.4 Å². The number of sulfonamides is 1. The summed E-state index contributed by atoms with van der Waals surface area (Å²) < 4.78 is 44.9. The van der Waals surface area contributed by atoms with Gasteiger partial charge in [0.15, 0.2) is 11.5 Å². The summed E-state index contributed by atoms with van der Waals surface area (Å²) in [7, 11) is -2.45.